The first kappa shape index (κ1) is 16.8. The highest BCUT2D eigenvalue weighted by molar-refractivity contribution is 7.18. The van der Waals surface area contributed by atoms with Gasteiger partial charge in [0.2, 0.25) is 5.91 Å². The molecule has 1 aliphatic carbocycles. The van der Waals surface area contributed by atoms with Gasteiger partial charge in [0.15, 0.2) is 4.83 Å². The van der Waals surface area contributed by atoms with Crippen LogP contribution in [0.3, 0.4) is 0 Å². The van der Waals surface area contributed by atoms with E-state index in [-0.39, 0.29) is 17.8 Å². The molecule has 0 bridgehead atoms. The van der Waals surface area contributed by atoms with Crippen LogP contribution < -0.4 is 10.9 Å². The number of benzene rings is 1. The molecule has 1 aromatic carbocycles. The molecule has 0 spiro atoms. The van der Waals surface area contributed by atoms with Crippen molar-refractivity contribution in [3.05, 3.63) is 50.9 Å². The van der Waals surface area contributed by atoms with Crippen molar-refractivity contribution in [2.75, 3.05) is 5.32 Å². The summed E-state index contributed by atoms with van der Waals surface area (Å²) in [7, 11) is 0. The number of aromatic nitrogens is 3. The van der Waals surface area contributed by atoms with Crippen LogP contribution in [0.2, 0.25) is 0 Å². The van der Waals surface area contributed by atoms with Crippen LogP contribution in [-0.4, -0.2) is 20.9 Å². The molecule has 0 saturated heterocycles. The second-order valence-electron chi connectivity index (χ2n) is 6.61. The van der Waals surface area contributed by atoms with Crippen molar-refractivity contribution in [1.29, 1.82) is 0 Å². The van der Waals surface area contributed by atoms with Crippen molar-refractivity contribution in [1.82, 2.24) is 15.0 Å². The number of amides is 1. The van der Waals surface area contributed by atoms with E-state index in [1.165, 1.54) is 34.4 Å². The molecule has 0 fully saturated rings. The molecule has 8 heteroatoms. The lowest BCUT2D eigenvalue weighted by molar-refractivity contribution is -0.117. The molecule has 26 heavy (non-hydrogen) atoms. The van der Waals surface area contributed by atoms with Crippen LogP contribution in [0.5, 0.6) is 0 Å². The Morgan fingerprint density at radius 1 is 1.42 bits per heavy atom. The maximum Gasteiger partial charge on any atom is 0.279 e. The minimum absolute atomic E-state index is 0.0708. The van der Waals surface area contributed by atoms with Gasteiger partial charge in [-0.1, -0.05) is 24.3 Å². The molecule has 3 aromatic rings. The fraction of sp³-hybridized carbons (Fsp3) is 0.333. The number of halogens is 1. The summed E-state index contributed by atoms with van der Waals surface area (Å²) in [6.07, 6.45) is 2.83. The standard InChI is InChI=1S/C18H17FN4O2S/c1-10-6-7-11-14(8-10)26-17-16(11)18(25)23(22-21-17)9-15(24)20-13-5-3-2-4-12(13)19/h2-5,10H,6-9H2,1H3,(H,20,24)/t10-/m1/s1. The van der Waals surface area contributed by atoms with E-state index >= 15 is 0 Å². The van der Waals surface area contributed by atoms with Crippen molar-refractivity contribution < 1.29 is 9.18 Å². The molecule has 1 amide bonds. The fourth-order valence-electron chi connectivity index (χ4n) is 3.28. The molecular weight excluding hydrogens is 355 g/mol. The predicted molar refractivity (Wildman–Crippen MR) is 97.9 cm³/mol. The Balaban J connectivity index is 1.63. The average molecular weight is 372 g/mol. The predicted octanol–water partition coefficient (Wildman–Crippen LogP) is 2.76. The number of anilines is 1. The molecule has 6 nitrogen and oxygen atoms in total. The number of thiophene rings is 1. The molecule has 1 N–H and O–H groups in total. The molecule has 1 atom stereocenters. The van der Waals surface area contributed by atoms with Crippen LogP contribution in [0.25, 0.3) is 10.2 Å². The number of fused-ring (bicyclic) bond motifs is 3. The third kappa shape index (κ3) is 3.01. The molecule has 2 heterocycles. The highest BCUT2D eigenvalue weighted by Gasteiger charge is 2.24. The largest absolute Gasteiger partial charge is 0.322 e. The smallest absolute Gasteiger partial charge is 0.279 e. The monoisotopic (exact) mass is 372 g/mol. The minimum Gasteiger partial charge on any atom is -0.322 e. The molecule has 1 aliphatic rings. The van der Waals surface area contributed by atoms with E-state index in [9.17, 15) is 14.0 Å². The minimum atomic E-state index is -0.532. The molecule has 2 aromatic heterocycles. The molecule has 0 saturated carbocycles. The van der Waals surface area contributed by atoms with Gasteiger partial charge in [0.05, 0.1) is 11.1 Å². The van der Waals surface area contributed by atoms with Gasteiger partial charge in [-0.2, -0.15) is 0 Å². The van der Waals surface area contributed by atoms with E-state index in [2.05, 4.69) is 22.6 Å². The number of hydrogen-bond donors (Lipinski definition) is 1. The first-order valence-corrected chi connectivity index (χ1v) is 9.27. The molecule has 134 valence electrons. The number of hydrogen-bond acceptors (Lipinski definition) is 5. The topological polar surface area (TPSA) is 76.9 Å². The van der Waals surface area contributed by atoms with Crippen LogP contribution in [0.1, 0.15) is 23.8 Å². The van der Waals surface area contributed by atoms with Gasteiger partial charge in [-0.15, -0.1) is 16.4 Å². The lowest BCUT2D eigenvalue weighted by atomic mass is 9.89. The first-order chi connectivity index (χ1) is 12.5. The number of para-hydroxylation sites is 1. The van der Waals surface area contributed by atoms with E-state index < -0.39 is 11.7 Å². The summed E-state index contributed by atoms with van der Waals surface area (Å²) in [6.45, 7) is 1.89. The Kier molecular flexibility index (Phi) is 4.28. The van der Waals surface area contributed by atoms with Gasteiger partial charge in [0.1, 0.15) is 12.4 Å². The zero-order valence-electron chi connectivity index (χ0n) is 14.2. The number of nitrogens with zero attached hydrogens (tertiary/aromatic N) is 3. The SMILES string of the molecule is C[C@@H]1CCc2c(sc3nnn(CC(=O)Nc4ccccc4F)c(=O)c23)C1. The number of aryl methyl sites for hydroxylation is 1. The molecule has 0 aliphatic heterocycles. The molecule has 4 rings (SSSR count). The van der Waals surface area contributed by atoms with Crippen LogP contribution in [0.15, 0.2) is 29.1 Å². The molecule has 0 radical (unpaired) electrons. The number of rotatable bonds is 3. The summed E-state index contributed by atoms with van der Waals surface area (Å²) in [4.78, 5) is 26.8. The fourth-order valence-corrected chi connectivity index (χ4v) is 4.60. The Hall–Kier alpha value is -2.61. The zero-order chi connectivity index (χ0) is 18.3. The number of carbonyl (C=O) groups is 1. The first-order valence-electron chi connectivity index (χ1n) is 8.45. The van der Waals surface area contributed by atoms with Crippen LogP contribution in [-0.2, 0) is 24.2 Å². The van der Waals surface area contributed by atoms with Gasteiger partial charge in [-0.3, -0.25) is 9.59 Å². The zero-order valence-corrected chi connectivity index (χ0v) is 15.0. The van der Waals surface area contributed by atoms with Crippen molar-refractivity contribution >= 4 is 33.1 Å². The summed E-state index contributed by atoms with van der Waals surface area (Å²) in [5.41, 5.74) is 0.804. The summed E-state index contributed by atoms with van der Waals surface area (Å²) in [6, 6.07) is 5.87. The van der Waals surface area contributed by atoms with Gasteiger partial charge >= 0.3 is 0 Å². The lowest BCUT2D eigenvalue weighted by Crippen LogP contribution is -2.30. The number of nitrogens with one attached hydrogen (secondary N) is 1. The van der Waals surface area contributed by atoms with Crippen molar-refractivity contribution in [2.45, 2.75) is 32.7 Å². The molecule has 0 unspecified atom stereocenters. The van der Waals surface area contributed by atoms with Gasteiger partial charge in [-0.25, -0.2) is 9.07 Å². The maximum absolute atomic E-state index is 13.6. The van der Waals surface area contributed by atoms with E-state index in [1.54, 1.807) is 6.07 Å². The Bertz CT molecular complexity index is 1060. The maximum atomic E-state index is 13.6. The van der Waals surface area contributed by atoms with Crippen LogP contribution in [0, 0.1) is 11.7 Å². The van der Waals surface area contributed by atoms with Gasteiger partial charge in [0.25, 0.3) is 5.56 Å². The third-order valence-electron chi connectivity index (χ3n) is 4.63. The number of carbonyl (C=O) groups excluding carboxylic acids is 1. The average Bonchev–Trinajstić information content (AvgIpc) is 2.97. The van der Waals surface area contributed by atoms with Crippen molar-refractivity contribution in [3.8, 4) is 0 Å². The Labute approximate surface area is 152 Å². The Morgan fingerprint density at radius 2 is 2.23 bits per heavy atom. The highest BCUT2D eigenvalue weighted by atomic mass is 32.1. The van der Waals surface area contributed by atoms with Gasteiger partial charge < -0.3 is 5.32 Å². The van der Waals surface area contributed by atoms with E-state index in [4.69, 9.17) is 0 Å². The highest BCUT2D eigenvalue weighted by Crippen LogP contribution is 2.35. The van der Waals surface area contributed by atoms with E-state index in [0.717, 1.165) is 29.5 Å². The van der Waals surface area contributed by atoms with Crippen molar-refractivity contribution in [2.24, 2.45) is 5.92 Å². The van der Waals surface area contributed by atoms with Crippen LogP contribution in [0.4, 0.5) is 10.1 Å². The van der Waals surface area contributed by atoms with Gasteiger partial charge in [0, 0.05) is 4.88 Å². The van der Waals surface area contributed by atoms with E-state index in [0.29, 0.717) is 16.1 Å². The third-order valence-corrected chi connectivity index (χ3v) is 5.76. The summed E-state index contributed by atoms with van der Waals surface area (Å²) >= 11 is 1.51. The van der Waals surface area contributed by atoms with E-state index in [1.807, 2.05) is 0 Å². The van der Waals surface area contributed by atoms with Crippen molar-refractivity contribution in [3.63, 3.8) is 0 Å². The van der Waals surface area contributed by atoms with Crippen LogP contribution >= 0.6 is 11.3 Å². The lowest BCUT2D eigenvalue weighted by Gasteiger charge is -2.17. The second-order valence-corrected chi connectivity index (χ2v) is 7.70. The Morgan fingerprint density at radius 3 is 3.04 bits per heavy atom. The normalized spacial score (nSPS) is 16.5. The summed E-state index contributed by atoms with van der Waals surface area (Å²) in [5, 5.41) is 11.0. The quantitative estimate of drug-likeness (QED) is 0.767. The second kappa shape index (κ2) is 6.60. The summed E-state index contributed by atoms with van der Waals surface area (Å²) < 4.78 is 14.7. The summed E-state index contributed by atoms with van der Waals surface area (Å²) in [5.74, 6) is -0.461. The van der Waals surface area contributed by atoms with Gasteiger partial charge in [-0.05, 0) is 42.9 Å². The molecular formula is C18H17FN4O2S.